The number of imidazole rings is 1. The zero-order chi connectivity index (χ0) is 55.2. The number of rotatable bonds is 9. The third-order valence-corrected chi connectivity index (χ3v) is 14.5. The zero-order valence-electron chi connectivity index (χ0n) is 48.4. The molecule has 0 aliphatic heterocycles. The largest absolute Gasteiger partial charge is 0.458 e. The Kier molecular flexibility index (Phi) is 10.4. The van der Waals surface area contributed by atoms with Crippen LogP contribution in [0, 0.1) is 11.7 Å². The van der Waals surface area contributed by atoms with Gasteiger partial charge in [-0.15, -0.1) is 0 Å². The zero-order valence-corrected chi connectivity index (χ0v) is 43.4. The summed E-state index contributed by atoms with van der Waals surface area (Å²) in [5.41, 5.74) is 13.0. The normalized spacial score (nSPS) is 13.7. The second kappa shape index (κ2) is 18.2. The van der Waals surface area contributed by atoms with Crippen molar-refractivity contribution in [3.8, 4) is 62.1 Å². The van der Waals surface area contributed by atoms with E-state index in [2.05, 4.69) is 171 Å². The standard InChI is InChI=1S/C68H64N4O/c1-45(66(2,3)4)48-35-36-69-64(40-48)72-60-34-31-49(46-21-13-11-14-22-46)39-59(60)58-33-32-55(43-63(58)72)73-54-26-19-25-53(42-54)70-44-71(62-30-18-17-29-61(62)70)65-56(47-23-15-12-16-24-47)27-20-28-57(65)50-37-51(67(5,6)7)41-52(38-50)68(8,9)10/h11-43,45H,1-10H3/i12D,15D,16D,23D,24D. The van der Waals surface area contributed by atoms with Crippen LogP contribution in [-0.2, 0) is 10.8 Å². The van der Waals surface area contributed by atoms with Gasteiger partial charge in [-0.25, -0.2) is 4.98 Å². The van der Waals surface area contributed by atoms with Gasteiger partial charge in [0.2, 0.25) is 0 Å². The minimum Gasteiger partial charge on any atom is -0.458 e. The van der Waals surface area contributed by atoms with Crippen LogP contribution in [0.15, 0.2) is 200 Å². The molecule has 0 saturated carbocycles. The molecule has 362 valence electrons. The van der Waals surface area contributed by atoms with Crippen molar-refractivity contribution in [1.29, 1.82) is 0 Å². The smallest absolute Gasteiger partial charge is 0.269 e. The Hall–Kier alpha value is -8.02. The van der Waals surface area contributed by atoms with Crippen molar-refractivity contribution in [3.05, 3.63) is 223 Å². The number of hydrogen-bond donors (Lipinski definition) is 0. The first-order chi connectivity index (χ1) is 37.1. The third kappa shape index (κ3) is 9.03. The molecule has 0 aliphatic rings. The molecule has 5 heteroatoms. The monoisotopic (exact) mass is 958 g/mol. The van der Waals surface area contributed by atoms with Crippen LogP contribution in [0.4, 0.5) is 0 Å². The summed E-state index contributed by atoms with van der Waals surface area (Å²) >= 11 is 0. The molecule has 0 N–H and O–H groups in total. The second-order valence-corrected chi connectivity index (χ2v) is 22.5. The number of pyridine rings is 1. The SMILES string of the molecule is [2H]c1c([2H])c([2H])c(-c2cccc(-c3cc(C(C)(C)C)cc(C(C)(C)C)c3)c2-[n+]2[c-]n(-c3cccc(Oc4ccc5c6cc(-c7ccccc7)ccc6n(-c6cc(C(C)C(C)(C)C)ccn6)c5c4)c3)c3ccccc32)c([2H])c1[2H]. The van der Waals surface area contributed by atoms with Gasteiger partial charge in [-0.3, -0.25) is 13.7 Å². The maximum absolute atomic E-state index is 9.26. The van der Waals surface area contributed by atoms with E-state index in [1.54, 1.807) is 0 Å². The summed E-state index contributed by atoms with van der Waals surface area (Å²) in [5, 5.41) is 2.20. The Morgan fingerprint density at radius 2 is 1.23 bits per heavy atom. The van der Waals surface area contributed by atoms with Crippen LogP contribution < -0.4 is 9.30 Å². The number of benzene rings is 8. The van der Waals surface area contributed by atoms with Crippen LogP contribution in [0.5, 0.6) is 11.5 Å². The predicted molar refractivity (Wildman–Crippen MR) is 304 cm³/mol. The Labute approximate surface area is 438 Å². The van der Waals surface area contributed by atoms with E-state index in [0.29, 0.717) is 28.7 Å². The predicted octanol–water partition coefficient (Wildman–Crippen LogP) is 17.7. The summed E-state index contributed by atoms with van der Waals surface area (Å²) in [6.45, 7) is 22.4. The number of hydrogen-bond acceptors (Lipinski definition) is 2. The summed E-state index contributed by atoms with van der Waals surface area (Å²) in [7, 11) is 0. The Balaban J connectivity index is 1.07. The lowest BCUT2D eigenvalue weighted by Gasteiger charge is -2.27. The van der Waals surface area contributed by atoms with E-state index in [9.17, 15) is 2.74 Å². The van der Waals surface area contributed by atoms with Gasteiger partial charge in [0, 0.05) is 23.0 Å². The van der Waals surface area contributed by atoms with Gasteiger partial charge < -0.3 is 4.74 Å². The molecule has 0 aliphatic carbocycles. The first kappa shape index (κ1) is 41.6. The van der Waals surface area contributed by atoms with Gasteiger partial charge in [-0.05, 0) is 127 Å². The summed E-state index contributed by atoms with van der Waals surface area (Å²) in [5.74, 6) is 2.41. The van der Waals surface area contributed by atoms with Crippen molar-refractivity contribution in [2.24, 2.45) is 5.41 Å². The third-order valence-electron chi connectivity index (χ3n) is 14.5. The molecule has 8 aromatic carbocycles. The number of fused-ring (bicyclic) bond motifs is 4. The van der Waals surface area contributed by atoms with E-state index in [0.717, 1.165) is 77.7 Å². The summed E-state index contributed by atoms with van der Waals surface area (Å²) in [6.07, 6.45) is 5.64. The molecule has 11 rings (SSSR count). The van der Waals surface area contributed by atoms with Crippen LogP contribution in [0.3, 0.4) is 0 Å². The Bertz CT molecular complexity index is 4090. The Morgan fingerprint density at radius 3 is 1.96 bits per heavy atom. The lowest BCUT2D eigenvalue weighted by molar-refractivity contribution is -0.571. The molecular weight excluding hydrogens is 889 g/mol. The van der Waals surface area contributed by atoms with Crippen LogP contribution in [-0.4, -0.2) is 14.1 Å². The number of aromatic nitrogens is 4. The van der Waals surface area contributed by atoms with Gasteiger partial charge in [-0.1, -0.05) is 203 Å². The van der Waals surface area contributed by atoms with Crippen molar-refractivity contribution in [1.82, 2.24) is 14.1 Å². The molecule has 0 spiro atoms. The number of nitrogens with zero attached hydrogens (tertiary/aromatic N) is 4. The molecule has 73 heavy (non-hydrogen) atoms. The van der Waals surface area contributed by atoms with E-state index < -0.39 is 18.1 Å². The molecule has 0 amide bonds. The first-order valence-corrected chi connectivity index (χ1v) is 25.3. The fourth-order valence-electron chi connectivity index (χ4n) is 9.94. The highest BCUT2D eigenvalue weighted by atomic mass is 16.5. The lowest BCUT2D eigenvalue weighted by Crippen LogP contribution is -2.31. The molecular formula is C68H64N4O. The second-order valence-electron chi connectivity index (χ2n) is 22.5. The molecule has 0 fully saturated rings. The van der Waals surface area contributed by atoms with Gasteiger partial charge in [0.25, 0.3) is 6.33 Å². The van der Waals surface area contributed by atoms with Gasteiger partial charge in [0.1, 0.15) is 17.3 Å². The molecule has 5 nitrogen and oxygen atoms in total. The highest BCUT2D eigenvalue weighted by Gasteiger charge is 2.26. The summed E-state index contributed by atoms with van der Waals surface area (Å²) in [6, 6.07) is 54.5. The lowest BCUT2D eigenvalue weighted by atomic mass is 9.78. The topological polar surface area (TPSA) is 35.9 Å². The van der Waals surface area contributed by atoms with Crippen molar-refractivity contribution in [2.75, 3.05) is 0 Å². The summed E-state index contributed by atoms with van der Waals surface area (Å²) < 4.78 is 57.7. The molecule has 11 aromatic rings. The highest BCUT2D eigenvalue weighted by Crippen LogP contribution is 2.42. The van der Waals surface area contributed by atoms with Gasteiger partial charge in [0.15, 0.2) is 0 Å². The first-order valence-electron chi connectivity index (χ1n) is 27.8. The molecule has 0 radical (unpaired) electrons. The van der Waals surface area contributed by atoms with E-state index in [1.807, 2.05) is 88.1 Å². The van der Waals surface area contributed by atoms with Crippen LogP contribution in [0.1, 0.15) is 98.7 Å². The van der Waals surface area contributed by atoms with Crippen LogP contribution >= 0.6 is 0 Å². The van der Waals surface area contributed by atoms with Crippen molar-refractivity contribution >= 4 is 32.8 Å². The molecule has 3 aromatic heterocycles. The van der Waals surface area contributed by atoms with E-state index in [-0.39, 0.29) is 33.9 Å². The minimum absolute atomic E-state index is 0.0568. The molecule has 0 bridgehead atoms. The minimum atomic E-state index is -0.440. The van der Waals surface area contributed by atoms with Crippen molar-refractivity contribution in [2.45, 2.75) is 86.0 Å². The number of ether oxygens (including phenoxy) is 1. The van der Waals surface area contributed by atoms with Crippen LogP contribution in [0.2, 0.25) is 0 Å². The number of para-hydroxylation sites is 3. The van der Waals surface area contributed by atoms with E-state index in [4.69, 9.17) is 13.8 Å². The van der Waals surface area contributed by atoms with Crippen molar-refractivity contribution in [3.63, 3.8) is 0 Å². The van der Waals surface area contributed by atoms with E-state index in [1.165, 1.54) is 5.56 Å². The maximum Gasteiger partial charge on any atom is 0.269 e. The Morgan fingerprint density at radius 1 is 0.548 bits per heavy atom. The molecule has 1 atom stereocenters. The van der Waals surface area contributed by atoms with Gasteiger partial charge >= 0.3 is 0 Å². The van der Waals surface area contributed by atoms with E-state index >= 15 is 0 Å². The highest BCUT2D eigenvalue weighted by molar-refractivity contribution is 6.10. The molecule has 1 unspecified atom stereocenters. The summed E-state index contributed by atoms with van der Waals surface area (Å²) in [4.78, 5) is 5.00. The average Bonchev–Trinajstić information content (AvgIpc) is 4.17. The molecule has 0 saturated heterocycles. The van der Waals surface area contributed by atoms with Gasteiger partial charge in [0.05, 0.1) is 40.3 Å². The fourth-order valence-corrected chi connectivity index (χ4v) is 9.94. The van der Waals surface area contributed by atoms with Crippen molar-refractivity contribution < 1.29 is 16.2 Å². The molecule has 3 heterocycles. The fraction of sp³-hybridized carbons (Fsp3) is 0.206. The van der Waals surface area contributed by atoms with Gasteiger partial charge in [-0.2, -0.15) is 0 Å². The maximum atomic E-state index is 9.26. The average molecular weight is 958 g/mol. The quantitative estimate of drug-likeness (QED) is 0.107. The van der Waals surface area contributed by atoms with Crippen LogP contribution in [0.25, 0.3) is 83.4 Å².